The van der Waals surface area contributed by atoms with E-state index in [0.717, 1.165) is 11.3 Å². The number of aromatic nitrogens is 3. The predicted molar refractivity (Wildman–Crippen MR) is 95.9 cm³/mol. The molecule has 3 N–H and O–H groups in total. The van der Waals surface area contributed by atoms with Crippen LogP contribution in [0.2, 0.25) is 5.02 Å². The quantitative estimate of drug-likeness (QED) is 0.732. The molecule has 128 valence electrons. The molecule has 2 aromatic carbocycles. The van der Waals surface area contributed by atoms with Crippen molar-refractivity contribution in [2.45, 2.75) is 6.54 Å². The molecule has 0 spiro atoms. The van der Waals surface area contributed by atoms with Crippen LogP contribution in [-0.4, -0.2) is 28.0 Å². The number of nitrogens with one attached hydrogen (secondary N) is 1. The van der Waals surface area contributed by atoms with Crippen LogP contribution in [0.5, 0.6) is 5.75 Å². The van der Waals surface area contributed by atoms with Gasteiger partial charge >= 0.3 is 0 Å². The fourth-order valence-electron chi connectivity index (χ4n) is 2.23. The van der Waals surface area contributed by atoms with E-state index in [2.05, 4.69) is 15.6 Å². The molecule has 0 atom stereocenters. The molecule has 0 fully saturated rings. The van der Waals surface area contributed by atoms with Crippen molar-refractivity contribution in [3.05, 3.63) is 64.8 Å². The molecule has 25 heavy (non-hydrogen) atoms. The molecule has 0 aliphatic rings. The van der Waals surface area contributed by atoms with Crippen LogP contribution < -0.4 is 15.8 Å². The fraction of sp³-hybridized carbons (Fsp3) is 0.118. The zero-order chi connectivity index (χ0) is 17.8. The monoisotopic (exact) mass is 357 g/mol. The minimum Gasteiger partial charge on any atom is -0.497 e. The van der Waals surface area contributed by atoms with Gasteiger partial charge in [0.2, 0.25) is 0 Å². The Balaban J connectivity index is 1.73. The van der Waals surface area contributed by atoms with E-state index in [-0.39, 0.29) is 11.5 Å². The second-order valence-electron chi connectivity index (χ2n) is 5.29. The molecule has 1 heterocycles. The Morgan fingerprint density at radius 1 is 1.20 bits per heavy atom. The lowest BCUT2D eigenvalue weighted by Crippen LogP contribution is -2.15. The molecular formula is C17H16ClN5O2. The lowest BCUT2D eigenvalue weighted by molar-refractivity contribution is 0.102. The Morgan fingerprint density at radius 2 is 1.88 bits per heavy atom. The molecule has 7 nitrogen and oxygen atoms in total. The summed E-state index contributed by atoms with van der Waals surface area (Å²) in [7, 11) is 1.61. The molecule has 0 saturated carbocycles. The van der Waals surface area contributed by atoms with E-state index in [1.807, 2.05) is 24.3 Å². The highest BCUT2D eigenvalue weighted by Gasteiger charge is 2.17. The van der Waals surface area contributed by atoms with Gasteiger partial charge in [-0.1, -0.05) is 28.9 Å². The number of hydrogen-bond acceptors (Lipinski definition) is 5. The molecule has 0 aliphatic heterocycles. The first kappa shape index (κ1) is 16.8. The molecule has 0 radical (unpaired) electrons. The summed E-state index contributed by atoms with van der Waals surface area (Å²) in [5.74, 6) is 0.529. The average molecular weight is 358 g/mol. The summed E-state index contributed by atoms with van der Waals surface area (Å²) in [4.78, 5) is 12.3. The number of halogens is 1. The molecular weight excluding hydrogens is 342 g/mol. The second kappa shape index (κ2) is 7.23. The van der Waals surface area contributed by atoms with E-state index >= 15 is 0 Å². The smallest absolute Gasteiger partial charge is 0.280 e. The lowest BCUT2D eigenvalue weighted by atomic mass is 10.2. The zero-order valence-corrected chi connectivity index (χ0v) is 14.2. The number of rotatable bonds is 5. The lowest BCUT2D eigenvalue weighted by Gasteiger charge is -2.06. The molecule has 1 amide bonds. The number of carbonyl (C=O) groups excluding carboxylic acids is 1. The van der Waals surface area contributed by atoms with Gasteiger partial charge in [0.05, 0.1) is 13.7 Å². The van der Waals surface area contributed by atoms with E-state index in [1.54, 1.807) is 31.4 Å². The Hall–Kier alpha value is -3.06. The zero-order valence-electron chi connectivity index (χ0n) is 13.4. The van der Waals surface area contributed by atoms with Gasteiger partial charge in [-0.25, -0.2) is 4.68 Å². The van der Waals surface area contributed by atoms with Gasteiger partial charge in [-0.05, 0) is 42.0 Å². The van der Waals surface area contributed by atoms with Gasteiger partial charge in [0.15, 0.2) is 11.5 Å². The molecule has 0 bridgehead atoms. The van der Waals surface area contributed by atoms with Crippen molar-refractivity contribution in [3.63, 3.8) is 0 Å². The minimum absolute atomic E-state index is 0.0726. The van der Waals surface area contributed by atoms with Gasteiger partial charge < -0.3 is 15.8 Å². The molecule has 0 saturated heterocycles. The van der Waals surface area contributed by atoms with E-state index in [1.165, 1.54) is 4.68 Å². The number of nitrogens with two attached hydrogens (primary N) is 1. The predicted octanol–water partition coefficient (Wildman–Crippen LogP) is 2.82. The normalized spacial score (nSPS) is 10.5. The Labute approximate surface area is 149 Å². The first-order valence-corrected chi connectivity index (χ1v) is 7.83. The Bertz CT molecular complexity index is 875. The number of hydrogen-bond donors (Lipinski definition) is 2. The maximum Gasteiger partial charge on any atom is 0.280 e. The van der Waals surface area contributed by atoms with Crippen LogP contribution in [0.3, 0.4) is 0 Å². The number of anilines is 2. The maximum absolute atomic E-state index is 12.3. The van der Waals surface area contributed by atoms with Crippen LogP contribution >= 0.6 is 11.6 Å². The van der Waals surface area contributed by atoms with Gasteiger partial charge in [0.1, 0.15) is 5.75 Å². The number of carbonyl (C=O) groups is 1. The average Bonchev–Trinajstić information content (AvgIpc) is 2.98. The van der Waals surface area contributed by atoms with E-state index in [9.17, 15) is 4.79 Å². The first-order valence-electron chi connectivity index (χ1n) is 7.45. The topological polar surface area (TPSA) is 95.1 Å². The molecule has 3 rings (SSSR count). The van der Waals surface area contributed by atoms with E-state index in [4.69, 9.17) is 22.1 Å². The highest BCUT2D eigenvalue weighted by Crippen LogP contribution is 2.17. The van der Waals surface area contributed by atoms with Crippen molar-refractivity contribution >= 4 is 29.0 Å². The number of benzene rings is 2. The summed E-state index contributed by atoms with van der Waals surface area (Å²) in [6, 6.07) is 14.2. The highest BCUT2D eigenvalue weighted by atomic mass is 35.5. The number of ether oxygens (including phenoxy) is 1. The second-order valence-corrected chi connectivity index (χ2v) is 5.73. The molecule has 8 heteroatoms. The minimum atomic E-state index is -0.430. The standard InChI is InChI=1S/C17H16ClN5O2/c1-25-14-8-2-11(3-9-14)10-23-16(19)15(21-22-23)17(24)20-13-6-4-12(18)5-7-13/h2-9H,10,19H2,1H3,(H,20,24). The highest BCUT2D eigenvalue weighted by molar-refractivity contribution is 6.30. The summed E-state index contributed by atoms with van der Waals surface area (Å²) < 4.78 is 6.59. The van der Waals surface area contributed by atoms with Crippen molar-refractivity contribution in [2.75, 3.05) is 18.2 Å². The van der Waals surface area contributed by atoms with Crippen molar-refractivity contribution in [2.24, 2.45) is 0 Å². The number of nitrogen functional groups attached to an aromatic ring is 1. The molecule has 1 aromatic heterocycles. The van der Waals surface area contributed by atoms with Gasteiger partial charge in [-0.15, -0.1) is 5.10 Å². The summed E-state index contributed by atoms with van der Waals surface area (Å²) in [6.45, 7) is 0.400. The van der Waals surface area contributed by atoms with Gasteiger partial charge in [-0.2, -0.15) is 0 Å². The van der Waals surface area contributed by atoms with E-state index < -0.39 is 5.91 Å². The third-order valence-electron chi connectivity index (χ3n) is 3.58. The summed E-state index contributed by atoms with van der Waals surface area (Å²) in [5, 5.41) is 11.1. The first-order chi connectivity index (χ1) is 12.1. The molecule has 0 aliphatic carbocycles. The van der Waals surface area contributed by atoms with Crippen molar-refractivity contribution in [3.8, 4) is 5.75 Å². The van der Waals surface area contributed by atoms with Crippen LogP contribution in [0.25, 0.3) is 0 Å². The van der Waals surface area contributed by atoms with Gasteiger partial charge in [0, 0.05) is 10.7 Å². The summed E-state index contributed by atoms with van der Waals surface area (Å²) >= 11 is 5.82. The van der Waals surface area contributed by atoms with Crippen LogP contribution in [0.1, 0.15) is 16.1 Å². The van der Waals surface area contributed by atoms with Crippen LogP contribution in [0, 0.1) is 0 Å². The fourth-order valence-corrected chi connectivity index (χ4v) is 2.35. The maximum atomic E-state index is 12.3. The Morgan fingerprint density at radius 3 is 2.52 bits per heavy atom. The summed E-state index contributed by atoms with van der Waals surface area (Å²) in [6.07, 6.45) is 0. The van der Waals surface area contributed by atoms with Crippen molar-refractivity contribution in [1.29, 1.82) is 0 Å². The van der Waals surface area contributed by atoms with Gasteiger partial charge in [-0.3, -0.25) is 4.79 Å². The van der Waals surface area contributed by atoms with Gasteiger partial charge in [0.25, 0.3) is 5.91 Å². The largest absolute Gasteiger partial charge is 0.497 e. The molecule has 0 unspecified atom stereocenters. The van der Waals surface area contributed by atoms with Crippen molar-refractivity contribution in [1.82, 2.24) is 15.0 Å². The number of methoxy groups -OCH3 is 1. The summed E-state index contributed by atoms with van der Waals surface area (Å²) in [5.41, 5.74) is 7.65. The van der Waals surface area contributed by atoms with Crippen molar-refractivity contribution < 1.29 is 9.53 Å². The van der Waals surface area contributed by atoms with Crippen LogP contribution in [0.15, 0.2) is 48.5 Å². The van der Waals surface area contributed by atoms with E-state index in [0.29, 0.717) is 17.3 Å². The molecule has 3 aromatic rings. The number of nitrogens with zero attached hydrogens (tertiary/aromatic N) is 3. The third kappa shape index (κ3) is 3.89. The third-order valence-corrected chi connectivity index (χ3v) is 3.83. The SMILES string of the molecule is COc1ccc(Cn2nnc(C(=O)Nc3ccc(Cl)cc3)c2N)cc1. The Kier molecular flexibility index (Phi) is 4.85. The van der Waals surface area contributed by atoms with Crippen LogP contribution in [0.4, 0.5) is 11.5 Å². The number of amides is 1. The van der Waals surface area contributed by atoms with Crippen LogP contribution in [-0.2, 0) is 6.54 Å².